The van der Waals surface area contributed by atoms with Gasteiger partial charge in [0.05, 0.1) is 28.6 Å². The van der Waals surface area contributed by atoms with Gasteiger partial charge in [-0.2, -0.15) is 0 Å². The van der Waals surface area contributed by atoms with Crippen molar-refractivity contribution in [1.82, 2.24) is 5.32 Å². The molecular weight excluding hydrogens is 425 g/mol. The van der Waals surface area contributed by atoms with E-state index in [1.54, 1.807) is 0 Å². The van der Waals surface area contributed by atoms with E-state index >= 15 is 0 Å². The molecule has 1 aliphatic heterocycles. The van der Waals surface area contributed by atoms with Crippen LogP contribution in [0.3, 0.4) is 0 Å². The van der Waals surface area contributed by atoms with Crippen LogP contribution in [0.2, 0.25) is 0 Å². The summed E-state index contributed by atoms with van der Waals surface area (Å²) >= 11 is 0. The third-order valence-corrected chi connectivity index (χ3v) is 5.43. The summed E-state index contributed by atoms with van der Waals surface area (Å²) in [5.41, 5.74) is 0. The average Bonchev–Trinajstić information content (AvgIpc) is 3.10. The molecule has 11 heteroatoms. The van der Waals surface area contributed by atoms with Crippen LogP contribution in [0, 0.1) is 0 Å². The van der Waals surface area contributed by atoms with Gasteiger partial charge in [0.25, 0.3) is 0 Å². The van der Waals surface area contributed by atoms with E-state index in [9.17, 15) is 22.9 Å². The second-order valence-corrected chi connectivity index (χ2v) is 8.94. The molecule has 0 aliphatic carbocycles. The van der Waals surface area contributed by atoms with E-state index in [-0.39, 0.29) is 55.1 Å². The molecule has 0 aromatic rings. The number of alkyl carbamates (subject to hydrolysis) is 1. The normalized spacial score (nSPS) is 19.8. The van der Waals surface area contributed by atoms with Crippen molar-refractivity contribution in [1.29, 1.82) is 0 Å². The van der Waals surface area contributed by atoms with E-state index in [1.165, 1.54) is 44.9 Å². The maximum atomic E-state index is 11.5. The Labute approximate surface area is 202 Å². The van der Waals surface area contributed by atoms with Crippen LogP contribution in [0.25, 0.3) is 0 Å². The second-order valence-electron chi connectivity index (χ2n) is 7.50. The summed E-state index contributed by atoms with van der Waals surface area (Å²) in [7, 11) is -4.55. The summed E-state index contributed by atoms with van der Waals surface area (Å²) in [6, 6.07) is 0. The van der Waals surface area contributed by atoms with E-state index in [4.69, 9.17) is 14.2 Å². The molecule has 30 heavy (non-hydrogen) atoms. The van der Waals surface area contributed by atoms with Crippen LogP contribution in [0.4, 0.5) is 4.79 Å². The molecule has 3 unspecified atom stereocenters. The number of hydrogen-bond acceptors (Lipinski definition) is 8. The maximum absolute atomic E-state index is 11.5. The number of rotatable bonds is 16. The first-order valence-corrected chi connectivity index (χ1v) is 12.2. The van der Waals surface area contributed by atoms with Crippen molar-refractivity contribution < 1.29 is 66.6 Å². The SMILES string of the molecule is CCCCCCCCCCCC1OCC(COC(=O)NCC(O)CS(=O)(=O)[O-])O1.[Na+]. The molecule has 1 aliphatic rings. The van der Waals surface area contributed by atoms with Crippen LogP contribution < -0.4 is 34.9 Å². The van der Waals surface area contributed by atoms with E-state index in [1.807, 2.05) is 0 Å². The average molecular weight is 462 g/mol. The van der Waals surface area contributed by atoms with Gasteiger partial charge in [0, 0.05) is 6.54 Å². The number of aliphatic hydroxyl groups is 1. The fraction of sp³-hybridized carbons (Fsp3) is 0.947. The van der Waals surface area contributed by atoms with Crippen molar-refractivity contribution in [2.24, 2.45) is 0 Å². The fourth-order valence-electron chi connectivity index (χ4n) is 3.08. The van der Waals surface area contributed by atoms with Gasteiger partial charge in [-0.05, 0) is 12.8 Å². The molecule has 172 valence electrons. The molecule has 0 radical (unpaired) electrons. The minimum Gasteiger partial charge on any atom is -0.748 e. The minimum absolute atomic E-state index is 0. The van der Waals surface area contributed by atoms with Crippen molar-refractivity contribution in [3.05, 3.63) is 0 Å². The van der Waals surface area contributed by atoms with Gasteiger partial charge < -0.3 is 29.2 Å². The molecule has 0 bridgehead atoms. The Morgan fingerprint density at radius 3 is 2.37 bits per heavy atom. The molecule has 0 spiro atoms. The quantitative estimate of drug-likeness (QED) is 0.175. The number of nitrogens with one attached hydrogen (secondary N) is 1. The Hall–Kier alpha value is 0.0600. The number of carbonyl (C=O) groups excluding carboxylic acids is 1. The first-order valence-electron chi connectivity index (χ1n) is 10.6. The molecule has 1 saturated heterocycles. The standard InChI is InChI=1S/C19H37NO8S.Na/c1-2-3-4-5-6-7-8-9-10-11-18-26-13-17(28-18)14-27-19(22)20-12-16(21)15-29(23,24)25;/h16-18,21H,2-15H2,1H3,(H,20,22)(H,23,24,25);/q;+1/p-1. The predicted octanol–water partition coefficient (Wildman–Crippen LogP) is -0.715. The zero-order chi connectivity index (χ0) is 21.5. The summed E-state index contributed by atoms with van der Waals surface area (Å²) in [6.07, 6.45) is 9.16. The first-order chi connectivity index (χ1) is 13.8. The Kier molecular flexibility index (Phi) is 17.6. The van der Waals surface area contributed by atoms with Crippen molar-refractivity contribution in [2.75, 3.05) is 25.5 Å². The monoisotopic (exact) mass is 461 g/mol. The zero-order valence-corrected chi connectivity index (χ0v) is 21.2. The van der Waals surface area contributed by atoms with Crippen molar-refractivity contribution in [3.63, 3.8) is 0 Å². The number of ether oxygens (including phenoxy) is 3. The molecule has 9 nitrogen and oxygen atoms in total. The molecule has 1 heterocycles. The molecule has 1 fully saturated rings. The fourth-order valence-corrected chi connectivity index (χ4v) is 3.67. The van der Waals surface area contributed by atoms with E-state index in [2.05, 4.69) is 12.2 Å². The Bertz CT molecular complexity index is 549. The number of aliphatic hydroxyl groups excluding tert-OH is 1. The molecule has 1 amide bonds. The number of hydrogen-bond donors (Lipinski definition) is 2. The summed E-state index contributed by atoms with van der Waals surface area (Å²) in [4.78, 5) is 11.5. The number of unbranched alkanes of at least 4 members (excludes halogenated alkanes) is 8. The molecule has 3 atom stereocenters. The Balaban J connectivity index is 0.00000841. The van der Waals surface area contributed by atoms with Crippen LogP contribution in [0.5, 0.6) is 0 Å². The molecule has 0 aromatic heterocycles. The third-order valence-electron chi connectivity index (χ3n) is 4.63. The van der Waals surface area contributed by atoms with Gasteiger partial charge in [-0.15, -0.1) is 0 Å². The number of amides is 1. The molecule has 1 rings (SSSR count). The van der Waals surface area contributed by atoms with Gasteiger partial charge >= 0.3 is 35.7 Å². The summed E-state index contributed by atoms with van der Waals surface area (Å²) in [5.74, 6) is -0.965. The van der Waals surface area contributed by atoms with Gasteiger partial charge in [-0.1, -0.05) is 58.3 Å². The molecule has 0 saturated carbocycles. The Morgan fingerprint density at radius 1 is 1.17 bits per heavy atom. The van der Waals surface area contributed by atoms with Gasteiger partial charge in [0.2, 0.25) is 0 Å². The molecule has 0 aromatic carbocycles. The largest absolute Gasteiger partial charge is 1.00 e. The molecular formula is C19H36NNaO8S. The van der Waals surface area contributed by atoms with Gasteiger partial charge in [0.1, 0.15) is 12.7 Å². The van der Waals surface area contributed by atoms with Crippen LogP contribution >= 0.6 is 0 Å². The predicted molar refractivity (Wildman–Crippen MR) is 106 cm³/mol. The van der Waals surface area contributed by atoms with Crippen molar-refractivity contribution in [2.45, 2.75) is 89.6 Å². The van der Waals surface area contributed by atoms with Gasteiger partial charge in [-0.3, -0.25) is 0 Å². The van der Waals surface area contributed by atoms with Crippen LogP contribution in [0.15, 0.2) is 0 Å². The van der Waals surface area contributed by atoms with E-state index in [0.717, 1.165) is 19.3 Å². The smallest absolute Gasteiger partial charge is 0.748 e. The second kappa shape index (κ2) is 17.6. The zero-order valence-electron chi connectivity index (χ0n) is 18.3. The van der Waals surface area contributed by atoms with Crippen LogP contribution in [0.1, 0.15) is 71.1 Å². The van der Waals surface area contributed by atoms with Gasteiger partial charge in [-0.25, -0.2) is 13.2 Å². The minimum atomic E-state index is -4.55. The summed E-state index contributed by atoms with van der Waals surface area (Å²) in [5, 5.41) is 11.5. The third kappa shape index (κ3) is 16.7. The van der Waals surface area contributed by atoms with Crippen LogP contribution in [-0.2, 0) is 24.3 Å². The van der Waals surface area contributed by atoms with Crippen molar-refractivity contribution >= 4 is 16.2 Å². The van der Waals surface area contributed by atoms with Crippen LogP contribution in [-0.4, -0.2) is 68.2 Å². The first kappa shape index (κ1) is 30.1. The maximum Gasteiger partial charge on any atom is 1.00 e. The Morgan fingerprint density at radius 2 is 1.77 bits per heavy atom. The van der Waals surface area contributed by atoms with E-state index < -0.39 is 28.1 Å². The number of carbonyl (C=O) groups is 1. The summed E-state index contributed by atoms with van der Waals surface area (Å²) in [6.45, 7) is 2.17. The molecule has 2 N–H and O–H groups in total. The van der Waals surface area contributed by atoms with Crippen molar-refractivity contribution in [3.8, 4) is 0 Å². The topological polar surface area (TPSA) is 134 Å². The van der Waals surface area contributed by atoms with E-state index in [0.29, 0.717) is 6.61 Å². The summed E-state index contributed by atoms with van der Waals surface area (Å²) < 4.78 is 47.7. The van der Waals surface area contributed by atoms with Gasteiger partial charge in [0.15, 0.2) is 6.29 Å².